The van der Waals surface area contributed by atoms with E-state index in [0.717, 1.165) is 18.9 Å². The summed E-state index contributed by atoms with van der Waals surface area (Å²) in [5, 5.41) is 2.23. The number of amides is 2. The van der Waals surface area contributed by atoms with Crippen molar-refractivity contribution in [2.75, 3.05) is 5.32 Å². The zero-order valence-corrected chi connectivity index (χ0v) is 11.1. The van der Waals surface area contributed by atoms with Crippen LogP contribution in [-0.2, 0) is 4.79 Å². The van der Waals surface area contributed by atoms with Crippen LogP contribution in [0.3, 0.4) is 0 Å². The van der Waals surface area contributed by atoms with Gasteiger partial charge in [-0.05, 0) is 12.5 Å². The van der Waals surface area contributed by atoms with Gasteiger partial charge in [0.2, 0.25) is 5.91 Å². The average Bonchev–Trinajstić information content (AvgIpc) is 2.38. The molecule has 0 radical (unpaired) electrons. The molecule has 0 aliphatic carbocycles. The van der Waals surface area contributed by atoms with Crippen molar-refractivity contribution in [2.45, 2.75) is 32.2 Å². The Morgan fingerprint density at radius 2 is 1.95 bits per heavy atom. The number of hydrogen-bond donors (Lipinski definition) is 3. The first-order valence-electron chi connectivity index (χ1n) is 6.22. The third-order valence-electron chi connectivity index (χ3n) is 2.79. The van der Waals surface area contributed by atoms with E-state index in [4.69, 9.17) is 11.5 Å². The highest BCUT2D eigenvalue weighted by Crippen LogP contribution is 2.19. The van der Waals surface area contributed by atoms with E-state index in [9.17, 15) is 18.4 Å². The summed E-state index contributed by atoms with van der Waals surface area (Å²) in [6.45, 7) is 1.95. The first kappa shape index (κ1) is 16.0. The zero-order valence-electron chi connectivity index (χ0n) is 11.1. The van der Waals surface area contributed by atoms with E-state index >= 15 is 0 Å². The van der Waals surface area contributed by atoms with Crippen molar-refractivity contribution in [3.63, 3.8) is 0 Å². The molecule has 1 aromatic carbocycles. The third-order valence-corrected chi connectivity index (χ3v) is 2.79. The summed E-state index contributed by atoms with van der Waals surface area (Å²) in [7, 11) is 0. The lowest BCUT2D eigenvalue weighted by atomic mass is 10.1. The van der Waals surface area contributed by atoms with E-state index in [-0.39, 0.29) is 5.69 Å². The summed E-state index contributed by atoms with van der Waals surface area (Å²) in [4.78, 5) is 22.7. The van der Waals surface area contributed by atoms with Gasteiger partial charge in [-0.3, -0.25) is 9.59 Å². The molecule has 5 N–H and O–H groups in total. The molecule has 0 bridgehead atoms. The molecule has 0 spiro atoms. The first-order valence-corrected chi connectivity index (χ1v) is 6.22. The fourth-order valence-corrected chi connectivity index (χ4v) is 1.61. The van der Waals surface area contributed by atoms with Gasteiger partial charge >= 0.3 is 0 Å². The summed E-state index contributed by atoms with van der Waals surface area (Å²) in [6.07, 6.45) is 2.08. The van der Waals surface area contributed by atoms with Gasteiger partial charge in [-0.25, -0.2) is 8.78 Å². The predicted molar refractivity (Wildman–Crippen MR) is 71.0 cm³/mol. The van der Waals surface area contributed by atoms with E-state index in [2.05, 4.69) is 5.32 Å². The molecule has 110 valence electrons. The minimum Gasteiger partial charge on any atom is -0.366 e. The summed E-state index contributed by atoms with van der Waals surface area (Å²) in [5.41, 5.74) is 9.76. The van der Waals surface area contributed by atoms with Crippen LogP contribution >= 0.6 is 0 Å². The lowest BCUT2D eigenvalue weighted by Gasteiger charge is -2.13. The fraction of sp³-hybridized carbons (Fsp3) is 0.385. The molecule has 0 saturated heterocycles. The van der Waals surface area contributed by atoms with Crippen molar-refractivity contribution < 1.29 is 18.4 Å². The van der Waals surface area contributed by atoms with Crippen LogP contribution in [0, 0.1) is 11.6 Å². The smallest absolute Gasteiger partial charge is 0.251 e. The number of unbranched alkanes of at least 4 members (excludes halogenated alkanes) is 1. The Kier molecular flexibility index (Phi) is 5.57. The van der Waals surface area contributed by atoms with E-state index in [1.165, 1.54) is 0 Å². The number of halogens is 2. The third kappa shape index (κ3) is 3.99. The molecule has 0 unspecified atom stereocenters. The number of nitrogens with two attached hydrogens (primary N) is 2. The van der Waals surface area contributed by atoms with Gasteiger partial charge in [0.1, 0.15) is 11.6 Å². The van der Waals surface area contributed by atoms with E-state index in [0.29, 0.717) is 12.5 Å². The summed E-state index contributed by atoms with van der Waals surface area (Å²) >= 11 is 0. The quantitative estimate of drug-likeness (QED) is 0.739. The van der Waals surface area contributed by atoms with Gasteiger partial charge in [-0.1, -0.05) is 19.8 Å². The second-order valence-corrected chi connectivity index (χ2v) is 4.41. The molecule has 0 aliphatic heterocycles. The summed E-state index contributed by atoms with van der Waals surface area (Å²) in [6, 6.07) is 0.557. The minimum absolute atomic E-state index is 0.322. The lowest BCUT2D eigenvalue weighted by molar-refractivity contribution is -0.117. The average molecular weight is 285 g/mol. The second-order valence-electron chi connectivity index (χ2n) is 4.41. The van der Waals surface area contributed by atoms with Crippen molar-refractivity contribution in [2.24, 2.45) is 11.5 Å². The molecule has 5 nitrogen and oxygen atoms in total. The maximum Gasteiger partial charge on any atom is 0.251 e. The summed E-state index contributed by atoms with van der Waals surface area (Å²) < 4.78 is 26.8. The molecule has 0 saturated carbocycles. The van der Waals surface area contributed by atoms with Gasteiger partial charge in [-0.2, -0.15) is 0 Å². The number of benzene rings is 1. The zero-order chi connectivity index (χ0) is 15.3. The SMILES string of the molecule is CCCC[C@H](N)C(=O)Nc1cc(C(N)=O)c(F)cc1F. The van der Waals surface area contributed by atoms with Crippen molar-refractivity contribution in [3.05, 3.63) is 29.3 Å². The largest absolute Gasteiger partial charge is 0.366 e. The minimum atomic E-state index is -1.08. The van der Waals surface area contributed by atoms with Gasteiger partial charge in [-0.15, -0.1) is 0 Å². The normalized spacial score (nSPS) is 12.0. The van der Waals surface area contributed by atoms with Crippen LogP contribution in [0.5, 0.6) is 0 Å². The van der Waals surface area contributed by atoms with Crippen molar-refractivity contribution in [3.8, 4) is 0 Å². The van der Waals surface area contributed by atoms with Crippen LogP contribution in [0.25, 0.3) is 0 Å². The molecule has 0 aromatic heterocycles. The molecule has 1 atom stereocenters. The maximum absolute atomic E-state index is 13.5. The van der Waals surface area contributed by atoms with Crippen molar-refractivity contribution in [1.82, 2.24) is 0 Å². The Morgan fingerprint density at radius 3 is 2.50 bits per heavy atom. The van der Waals surface area contributed by atoms with E-state index in [1.807, 2.05) is 6.92 Å². The molecule has 20 heavy (non-hydrogen) atoms. The lowest BCUT2D eigenvalue weighted by Crippen LogP contribution is -2.35. The van der Waals surface area contributed by atoms with Crippen LogP contribution in [0.2, 0.25) is 0 Å². The van der Waals surface area contributed by atoms with Crippen LogP contribution in [0.1, 0.15) is 36.5 Å². The molecule has 1 aromatic rings. The van der Waals surface area contributed by atoms with Gasteiger partial charge in [0.25, 0.3) is 5.91 Å². The Balaban J connectivity index is 2.89. The van der Waals surface area contributed by atoms with Gasteiger partial charge in [0.15, 0.2) is 0 Å². The molecule has 7 heteroatoms. The number of nitrogens with one attached hydrogen (secondary N) is 1. The van der Waals surface area contributed by atoms with Crippen LogP contribution < -0.4 is 16.8 Å². The van der Waals surface area contributed by atoms with Crippen molar-refractivity contribution >= 4 is 17.5 Å². The van der Waals surface area contributed by atoms with Crippen LogP contribution in [0.15, 0.2) is 12.1 Å². The number of carbonyl (C=O) groups is 2. The molecule has 0 fully saturated rings. The second kappa shape index (κ2) is 6.95. The predicted octanol–water partition coefficient (Wildman–Crippen LogP) is 1.52. The Hall–Kier alpha value is -2.02. The highest BCUT2D eigenvalue weighted by Gasteiger charge is 2.18. The molecular weight excluding hydrogens is 268 g/mol. The first-order chi connectivity index (χ1) is 9.36. The maximum atomic E-state index is 13.5. The Bertz CT molecular complexity index is 521. The van der Waals surface area contributed by atoms with E-state index in [1.54, 1.807) is 0 Å². The molecule has 1 rings (SSSR count). The summed E-state index contributed by atoms with van der Waals surface area (Å²) in [5.74, 6) is -3.72. The highest BCUT2D eigenvalue weighted by molar-refractivity contribution is 5.98. The molecule has 0 heterocycles. The van der Waals surface area contributed by atoms with Crippen LogP contribution in [-0.4, -0.2) is 17.9 Å². The van der Waals surface area contributed by atoms with E-state index < -0.39 is 35.1 Å². The van der Waals surface area contributed by atoms with Gasteiger partial charge in [0, 0.05) is 6.07 Å². The Labute approximate surface area is 115 Å². The number of carbonyl (C=O) groups excluding carboxylic acids is 2. The Morgan fingerprint density at radius 1 is 1.30 bits per heavy atom. The number of hydrogen-bond acceptors (Lipinski definition) is 3. The van der Waals surface area contributed by atoms with Crippen LogP contribution in [0.4, 0.5) is 14.5 Å². The number of rotatable bonds is 6. The molecular formula is C13H17F2N3O2. The molecule has 0 aliphatic rings. The van der Waals surface area contributed by atoms with Crippen molar-refractivity contribution in [1.29, 1.82) is 0 Å². The highest BCUT2D eigenvalue weighted by atomic mass is 19.1. The standard InChI is InChI=1S/C13H17F2N3O2/c1-2-3-4-10(16)13(20)18-11-5-7(12(17)19)8(14)6-9(11)15/h5-6,10H,2-4,16H2,1H3,(H2,17,19)(H,18,20)/t10-/m0/s1. The number of anilines is 1. The monoisotopic (exact) mass is 285 g/mol. The van der Waals surface area contributed by atoms with Gasteiger partial charge in [0.05, 0.1) is 17.3 Å². The number of primary amides is 1. The topological polar surface area (TPSA) is 98.2 Å². The molecule has 2 amide bonds. The fourth-order valence-electron chi connectivity index (χ4n) is 1.61. The van der Waals surface area contributed by atoms with Gasteiger partial charge < -0.3 is 16.8 Å².